The Hall–Kier alpha value is -2.77. The Balaban J connectivity index is 5.27. The SMILES string of the molecule is NC(=O)CNCC[N+](CCN(CC(N)=O)CC(N)=O)(CC(N)=O)CC(N)=O. The number of primary amides is 5. The van der Waals surface area contributed by atoms with Gasteiger partial charge in [0, 0.05) is 13.1 Å². The second kappa shape index (κ2) is 11.8. The Morgan fingerprint density at radius 3 is 1.56 bits per heavy atom. The highest BCUT2D eigenvalue weighted by Crippen LogP contribution is 2.07. The molecule has 27 heavy (non-hydrogen) atoms. The zero-order valence-electron chi connectivity index (χ0n) is 15.2. The van der Waals surface area contributed by atoms with E-state index in [4.69, 9.17) is 28.7 Å². The van der Waals surface area contributed by atoms with E-state index in [0.29, 0.717) is 0 Å². The van der Waals surface area contributed by atoms with Gasteiger partial charge in [0.25, 0.3) is 11.8 Å². The van der Waals surface area contributed by atoms with Gasteiger partial charge in [0.2, 0.25) is 17.7 Å². The van der Waals surface area contributed by atoms with Gasteiger partial charge in [-0.25, -0.2) is 0 Å². The van der Waals surface area contributed by atoms with Crippen molar-refractivity contribution < 1.29 is 28.5 Å². The number of hydrogen-bond acceptors (Lipinski definition) is 7. The lowest BCUT2D eigenvalue weighted by Crippen LogP contribution is -2.61. The summed E-state index contributed by atoms with van der Waals surface area (Å²) < 4.78 is -0.134. The smallest absolute Gasteiger partial charge is 0.272 e. The summed E-state index contributed by atoms with van der Waals surface area (Å²) >= 11 is 0. The second-order valence-electron chi connectivity index (χ2n) is 6.32. The third kappa shape index (κ3) is 12.3. The highest BCUT2D eigenvalue weighted by atomic mass is 16.2. The molecule has 0 aromatic carbocycles. The van der Waals surface area contributed by atoms with Crippen molar-refractivity contribution in [2.45, 2.75) is 0 Å². The quantitative estimate of drug-likeness (QED) is 0.110. The number of quaternary nitrogens is 1. The third-order valence-corrected chi connectivity index (χ3v) is 3.69. The van der Waals surface area contributed by atoms with Gasteiger partial charge < -0.3 is 38.5 Å². The van der Waals surface area contributed by atoms with Gasteiger partial charge in [-0.05, 0) is 0 Å². The molecule has 0 spiro atoms. The van der Waals surface area contributed by atoms with Crippen LogP contribution in [0.15, 0.2) is 0 Å². The Labute approximate surface area is 156 Å². The third-order valence-electron chi connectivity index (χ3n) is 3.69. The average molecular weight is 389 g/mol. The molecule has 0 rings (SSSR count). The first-order chi connectivity index (χ1) is 12.5. The van der Waals surface area contributed by atoms with Crippen LogP contribution in [0.5, 0.6) is 0 Å². The lowest BCUT2D eigenvalue weighted by atomic mass is 10.2. The number of carbonyl (C=O) groups excluding carboxylic acids is 5. The number of rotatable bonds is 16. The van der Waals surface area contributed by atoms with E-state index in [9.17, 15) is 24.0 Å². The molecule has 0 atom stereocenters. The van der Waals surface area contributed by atoms with Crippen molar-refractivity contribution in [2.24, 2.45) is 28.7 Å². The Morgan fingerprint density at radius 2 is 1.19 bits per heavy atom. The molecule has 11 N–H and O–H groups in total. The maximum atomic E-state index is 11.5. The number of hydrogen-bond donors (Lipinski definition) is 6. The molecular formula is C14H29N8O5+. The molecule has 0 aromatic rings. The molecule has 0 aliphatic carbocycles. The fourth-order valence-electron chi connectivity index (χ4n) is 2.68. The predicted molar refractivity (Wildman–Crippen MR) is 95.0 cm³/mol. The molecule has 154 valence electrons. The van der Waals surface area contributed by atoms with E-state index in [1.165, 1.54) is 4.90 Å². The van der Waals surface area contributed by atoms with Crippen molar-refractivity contribution in [3.8, 4) is 0 Å². The first-order valence-corrected chi connectivity index (χ1v) is 8.15. The van der Waals surface area contributed by atoms with Crippen molar-refractivity contribution in [1.82, 2.24) is 10.2 Å². The van der Waals surface area contributed by atoms with Gasteiger partial charge in [-0.2, -0.15) is 0 Å². The summed E-state index contributed by atoms with van der Waals surface area (Å²) in [6, 6.07) is 0. The lowest BCUT2D eigenvalue weighted by molar-refractivity contribution is -0.911. The highest BCUT2D eigenvalue weighted by molar-refractivity contribution is 5.79. The first kappa shape index (κ1) is 24.2. The molecule has 5 amide bonds. The molecule has 0 unspecified atom stereocenters. The van der Waals surface area contributed by atoms with Gasteiger partial charge in [0.15, 0.2) is 13.1 Å². The minimum atomic E-state index is -0.665. The number of nitrogens with zero attached hydrogens (tertiary/aromatic N) is 2. The Bertz CT molecular complexity index is 536. The second-order valence-corrected chi connectivity index (χ2v) is 6.32. The molecule has 0 heterocycles. The number of carbonyl (C=O) groups is 5. The number of nitrogens with one attached hydrogen (secondary N) is 1. The van der Waals surface area contributed by atoms with Crippen molar-refractivity contribution in [1.29, 1.82) is 0 Å². The van der Waals surface area contributed by atoms with Crippen LogP contribution < -0.4 is 34.0 Å². The molecule has 0 fully saturated rings. The molecule has 0 aromatic heterocycles. The van der Waals surface area contributed by atoms with Crippen molar-refractivity contribution >= 4 is 29.5 Å². The Morgan fingerprint density at radius 1 is 0.704 bits per heavy atom. The monoisotopic (exact) mass is 389 g/mol. The van der Waals surface area contributed by atoms with Crippen LogP contribution in [0.2, 0.25) is 0 Å². The summed E-state index contributed by atoms with van der Waals surface area (Å²) in [6.45, 7) is -0.193. The van der Waals surface area contributed by atoms with E-state index in [0.717, 1.165) is 0 Å². The first-order valence-electron chi connectivity index (χ1n) is 8.15. The average Bonchev–Trinajstić information content (AvgIpc) is 2.46. The molecular weight excluding hydrogens is 360 g/mol. The van der Waals surface area contributed by atoms with Gasteiger partial charge >= 0.3 is 0 Å². The number of amides is 5. The van der Waals surface area contributed by atoms with E-state index in [2.05, 4.69) is 5.32 Å². The zero-order chi connectivity index (χ0) is 21.0. The summed E-state index contributed by atoms with van der Waals surface area (Å²) in [6.07, 6.45) is 0. The minimum absolute atomic E-state index is 0.0807. The van der Waals surface area contributed by atoms with Crippen LogP contribution in [0, 0.1) is 0 Å². The summed E-state index contributed by atoms with van der Waals surface area (Å²) in [5.74, 6) is -3.22. The van der Waals surface area contributed by atoms with E-state index in [1.807, 2.05) is 0 Å². The van der Waals surface area contributed by atoms with Gasteiger partial charge in [-0.1, -0.05) is 0 Å². The topological polar surface area (TPSA) is 231 Å². The van der Waals surface area contributed by atoms with Gasteiger partial charge in [0.1, 0.15) is 0 Å². The van der Waals surface area contributed by atoms with Crippen molar-refractivity contribution in [3.63, 3.8) is 0 Å². The summed E-state index contributed by atoms with van der Waals surface area (Å²) in [4.78, 5) is 57.6. The number of nitrogens with two attached hydrogens (primary N) is 5. The van der Waals surface area contributed by atoms with E-state index >= 15 is 0 Å². The zero-order valence-corrected chi connectivity index (χ0v) is 15.2. The fraction of sp³-hybridized carbons (Fsp3) is 0.643. The molecule has 0 bridgehead atoms. The van der Waals surface area contributed by atoms with Crippen LogP contribution in [0.25, 0.3) is 0 Å². The molecule has 0 aliphatic heterocycles. The van der Waals surface area contributed by atoms with Crippen LogP contribution in [0.1, 0.15) is 0 Å². The van der Waals surface area contributed by atoms with Crippen LogP contribution in [-0.4, -0.2) is 97.8 Å². The molecule has 0 saturated carbocycles. The molecule has 13 nitrogen and oxygen atoms in total. The summed E-state index contributed by atoms with van der Waals surface area (Å²) in [7, 11) is 0. The highest BCUT2D eigenvalue weighted by Gasteiger charge is 2.32. The van der Waals surface area contributed by atoms with Gasteiger partial charge in [-0.15, -0.1) is 0 Å². The van der Waals surface area contributed by atoms with Crippen LogP contribution in [-0.2, 0) is 24.0 Å². The molecule has 13 heteroatoms. The maximum Gasteiger partial charge on any atom is 0.272 e. The van der Waals surface area contributed by atoms with Crippen molar-refractivity contribution in [2.75, 3.05) is 58.9 Å². The predicted octanol–water partition coefficient (Wildman–Crippen LogP) is -5.88. The maximum absolute atomic E-state index is 11.5. The summed E-state index contributed by atoms with van der Waals surface area (Å²) in [5.41, 5.74) is 26.0. The normalized spacial score (nSPS) is 11.3. The lowest BCUT2D eigenvalue weighted by Gasteiger charge is -2.38. The standard InChI is InChI=1S/C14H28N8O5/c15-10(23)5-20-1-3-22(8-13(18)26,9-14(19)27)4-2-21(6-11(16)24)7-12(17)25/h20H,1-9H2,(H9-,15,16,17,18,19,23,24,25,26,27)/p+1. The molecule has 0 saturated heterocycles. The van der Waals surface area contributed by atoms with Crippen molar-refractivity contribution in [3.05, 3.63) is 0 Å². The van der Waals surface area contributed by atoms with E-state index in [-0.39, 0.29) is 63.4 Å². The van der Waals surface area contributed by atoms with Crippen LogP contribution in [0.4, 0.5) is 0 Å². The van der Waals surface area contributed by atoms with Crippen LogP contribution >= 0.6 is 0 Å². The summed E-state index contributed by atoms with van der Waals surface area (Å²) in [5, 5.41) is 2.78. The van der Waals surface area contributed by atoms with Gasteiger partial charge in [-0.3, -0.25) is 28.9 Å². The largest absolute Gasteiger partial charge is 0.369 e. The molecule has 0 radical (unpaired) electrons. The Kier molecular flexibility index (Phi) is 10.6. The molecule has 0 aliphatic rings. The van der Waals surface area contributed by atoms with Crippen LogP contribution in [0.3, 0.4) is 0 Å². The van der Waals surface area contributed by atoms with E-state index in [1.54, 1.807) is 0 Å². The fourth-order valence-corrected chi connectivity index (χ4v) is 2.68. The van der Waals surface area contributed by atoms with E-state index < -0.39 is 29.5 Å². The minimum Gasteiger partial charge on any atom is -0.369 e. The van der Waals surface area contributed by atoms with Gasteiger partial charge in [0.05, 0.1) is 32.7 Å².